The second kappa shape index (κ2) is 8.34. The summed E-state index contributed by atoms with van der Waals surface area (Å²) in [7, 11) is 0. The van der Waals surface area contributed by atoms with E-state index in [0.717, 1.165) is 51.4 Å². The molecule has 2 N–H and O–H groups in total. The fraction of sp³-hybridized carbons (Fsp3) is 0.632. The van der Waals surface area contributed by atoms with Crippen molar-refractivity contribution in [2.24, 2.45) is 4.99 Å². The van der Waals surface area contributed by atoms with Gasteiger partial charge >= 0.3 is 0 Å². The number of guanidine groups is 1. The lowest BCUT2D eigenvalue weighted by molar-refractivity contribution is 0.108. The van der Waals surface area contributed by atoms with Gasteiger partial charge in [-0.05, 0) is 63.6 Å². The summed E-state index contributed by atoms with van der Waals surface area (Å²) in [6, 6.07) is 4.51. The Morgan fingerprint density at radius 3 is 2.39 bits per heavy atom. The average molecular weight is 317 g/mol. The fourth-order valence-electron chi connectivity index (χ4n) is 3.38. The van der Waals surface area contributed by atoms with Crippen molar-refractivity contribution in [3.8, 4) is 0 Å². The molecule has 23 heavy (non-hydrogen) atoms. The predicted octanol–water partition coefficient (Wildman–Crippen LogP) is 2.58. The van der Waals surface area contributed by atoms with E-state index in [0.29, 0.717) is 0 Å². The summed E-state index contributed by atoms with van der Waals surface area (Å²) >= 11 is 0. The third-order valence-corrected chi connectivity index (χ3v) is 4.56. The molecule has 2 rings (SSSR count). The number of aliphatic imine (C=N–C) groups is 1. The van der Waals surface area contributed by atoms with Gasteiger partial charge in [0.05, 0.1) is 6.10 Å². The van der Waals surface area contributed by atoms with E-state index in [1.165, 1.54) is 22.3 Å². The van der Waals surface area contributed by atoms with Crippen LogP contribution in [0.4, 0.5) is 0 Å². The van der Waals surface area contributed by atoms with Crippen LogP contribution in [0.2, 0.25) is 0 Å². The smallest absolute Gasteiger partial charge is 0.193 e. The first-order valence-corrected chi connectivity index (χ1v) is 8.79. The molecule has 1 heterocycles. The van der Waals surface area contributed by atoms with E-state index in [9.17, 15) is 5.11 Å². The van der Waals surface area contributed by atoms with Crippen molar-refractivity contribution >= 4 is 5.96 Å². The third kappa shape index (κ3) is 4.96. The molecule has 0 amide bonds. The fourth-order valence-corrected chi connectivity index (χ4v) is 3.38. The lowest BCUT2D eigenvalue weighted by Gasteiger charge is -2.32. The van der Waals surface area contributed by atoms with Gasteiger partial charge in [-0.25, -0.2) is 0 Å². The summed E-state index contributed by atoms with van der Waals surface area (Å²) in [4.78, 5) is 7.08. The van der Waals surface area contributed by atoms with Crippen LogP contribution >= 0.6 is 0 Å². The highest BCUT2D eigenvalue weighted by atomic mass is 16.3. The number of aliphatic hydroxyl groups is 1. The lowest BCUT2D eigenvalue weighted by atomic mass is 9.97. The van der Waals surface area contributed by atoms with Gasteiger partial charge in [-0.15, -0.1) is 0 Å². The monoisotopic (exact) mass is 317 g/mol. The van der Waals surface area contributed by atoms with Crippen LogP contribution in [0.5, 0.6) is 0 Å². The Bertz CT molecular complexity index is 523. The molecule has 0 bridgehead atoms. The van der Waals surface area contributed by atoms with E-state index in [2.05, 4.69) is 50.0 Å². The number of rotatable bonds is 4. The van der Waals surface area contributed by atoms with Crippen molar-refractivity contribution in [3.63, 3.8) is 0 Å². The molecule has 0 radical (unpaired) electrons. The van der Waals surface area contributed by atoms with Gasteiger partial charge in [0, 0.05) is 26.2 Å². The van der Waals surface area contributed by atoms with Crippen LogP contribution < -0.4 is 5.32 Å². The normalized spacial score (nSPS) is 16.7. The lowest BCUT2D eigenvalue weighted by Crippen LogP contribution is -2.46. The molecule has 1 saturated heterocycles. The largest absolute Gasteiger partial charge is 0.393 e. The molecular formula is C19H31N3O. The zero-order chi connectivity index (χ0) is 16.8. The molecule has 0 aliphatic carbocycles. The van der Waals surface area contributed by atoms with Crippen LogP contribution in [0.15, 0.2) is 17.1 Å². The number of hydrogen-bond acceptors (Lipinski definition) is 2. The van der Waals surface area contributed by atoms with E-state index in [1.54, 1.807) is 0 Å². The second-order valence-corrected chi connectivity index (χ2v) is 6.58. The summed E-state index contributed by atoms with van der Waals surface area (Å²) in [5.74, 6) is 0.988. The SMILES string of the molecule is CCNC(=NCCc1c(C)cc(C)cc1C)N1CCC(O)CC1. The summed E-state index contributed by atoms with van der Waals surface area (Å²) in [6.07, 6.45) is 2.50. The zero-order valence-electron chi connectivity index (χ0n) is 15.0. The molecule has 1 fully saturated rings. The molecule has 0 aromatic heterocycles. The second-order valence-electron chi connectivity index (χ2n) is 6.58. The number of piperidine rings is 1. The van der Waals surface area contributed by atoms with Gasteiger partial charge in [0.2, 0.25) is 0 Å². The first-order chi connectivity index (χ1) is 11.0. The zero-order valence-corrected chi connectivity index (χ0v) is 15.0. The Morgan fingerprint density at radius 1 is 1.22 bits per heavy atom. The van der Waals surface area contributed by atoms with Crippen LogP contribution in [0.25, 0.3) is 0 Å². The van der Waals surface area contributed by atoms with Gasteiger partial charge in [-0.3, -0.25) is 4.99 Å². The molecule has 0 unspecified atom stereocenters. The van der Waals surface area contributed by atoms with Gasteiger partial charge in [0.15, 0.2) is 5.96 Å². The number of aliphatic hydroxyl groups excluding tert-OH is 1. The number of hydrogen-bond donors (Lipinski definition) is 2. The maximum atomic E-state index is 9.66. The molecule has 1 aliphatic rings. The van der Waals surface area contributed by atoms with E-state index in [-0.39, 0.29) is 6.10 Å². The molecule has 0 saturated carbocycles. The van der Waals surface area contributed by atoms with Gasteiger partial charge in [0.1, 0.15) is 0 Å². The number of aryl methyl sites for hydroxylation is 3. The molecule has 4 heteroatoms. The van der Waals surface area contributed by atoms with Crippen LogP contribution in [0, 0.1) is 20.8 Å². The number of benzene rings is 1. The Morgan fingerprint density at radius 2 is 1.83 bits per heavy atom. The van der Waals surface area contributed by atoms with Crippen molar-refractivity contribution in [2.75, 3.05) is 26.2 Å². The van der Waals surface area contributed by atoms with Crippen LogP contribution in [-0.2, 0) is 6.42 Å². The van der Waals surface area contributed by atoms with Gasteiger partial charge < -0.3 is 15.3 Å². The standard InChI is InChI=1S/C19H31N3O/c1-5-20-19(22-10-7-17(23)8-11-22)21-9-6-18-15(3)12-14(2)13-16(18)4/h12-13,17,23H,5-11H2,1-4H3,(H,20,21). The van der Waals surface area contributed by atoms with Crippen molar-refractivity contribution in [1.82, 2.24) is 10.2 Å². The minimum Gasteiger partial charge on any atom is -0.393 e. The predicted molar refractivity (Wildman–Crippen MR) is 97.1 cm³/mol. The van der Waals surface area contributed by atoms with Crippen LogP contribution in [0.3, 0.4) is 0 Å². The molecule has 128 valence electrons. The van der Waals surface area contributed by atoms with Crippen molar-refractivity contribution < 1.29 is 5.11 Å². The molecule has 0 spiro atoms. The maximum absolute atomic E-state index is 9.66. The molecule has 4 nitrogen and oxygen atoms in total. The minimum atomic E-state index is -0.146. The molecule has 0 atom stereocenters. The minimum absolute atomic E-state index is 0.146. The number of nitrogens with one attached hydrogen (secondary N) is 1. The molecule has 1 aliphatic heterocycles. The number of likely N-dealkylation sites (tertiary alicyclic amines) is 1. The van der Waals surface area contributed by atoms with E-state index >= 15 is 0 Å². The summed E-state index contributed by atoms with van der Waals surface area (Å²) in [6.45, 7) is 12.1. The summed E-state index contributed by atoms with van der Waals surface area (Å²) < 4.78 is 0. The Labute approximate surface area is 140 Å². The van der Waals surface area contributed by atoms with Crippen molar-refractivity contribution in [2.45, 2.75) is 53.1 Å². The summed E-state index contributed by atoms with van der Waals surface area (Å²) in [5.41, 5.74) is 5.48. The highest BCUT2D eigenvalue weighted by Gasteiger charge is 2.19. The van der Waals surface area contributed by atoms with Crippen molar-refractivity contribution in [3.05, 3.63) is 34.4 Å². The van der Waals surface area contributed by atoms with Gasteiger partial charge in [-0.1, -0.05) is 17.7 Å². The first kappa shape index (κ1) is 17.8. The van der Waals surface area contributed by atoms with E-state index in [1.807, 2.05) is 0 Å². The molecular weight excluding hydrogens is 286 g/mol. The average Bonchev–Trinajstić information content (AvgIpc) is 2.49. The third-order valence-electron chi connectivity index (χ3n) is 4.56. The topological polar surface area (TPSA) is 47.9 Å². The highest BCUT2D eigenvalue weighted by Crippen LogP contribution is 2.17. The Hall–Kier alpha value is -1.55. The van der Waals surface area contributed by atoms with E-state index in [4.69, 9.17) is 4.99 Å². The Balaban J connectivity index is 2.01. The first-order valence-electron chi connectivity index (χ1n) is 8.79. The molecule has 1 aromatic rings. The quantitative estimate of drug-likeness (QED) is 0.663. The maximum Gasteiger partial charge on any atom is 0.193 e. The van der Waals surface area contributed by atoms with Gasteiger partial charge in [0.25, 0.3) is 0 Å². The van der Waals surface area contributed by atoms with Gasteiger partial charge in [-0.2, -0.15) is 0 Å². The van der Waals surface area contributed by atoms with E-state index < -0.39 is 0 Å². The summed E-state index contributed by atoms with van der Waals surface area (Å²) in [5, 5.41) is 13.0. The number of nitrogens with zero attached hydrogens (tertiary/aromatic N) is 2. The van der Waals surface area contributed by atoms with Crippen LogP contribution in [0.1, 0.15) is 42.0 Å². The Kier molecular flexibility index (Phi) is 6.46. The van der Waals surface area contributed by atoms with Crippen LogP contribution in [-0.4, -0.2) is 48.2 Å². The molecule has 1 aromatic carbocycles. The highest BCUT2D eigenvalue weighted by molar-refractivity contribution is 5.80. The van der Waals surface area contributed by atoms with Crippen molar-refractivity contribution in [1.29, 1.82) is 0 Å².